The third kappa shape index (κ3) is 3.62. The second kappa shape index (κ2) is 6.78. The topological polar surface area (TPSA) is 38.7 Å². The molecule has 3 nitrogen and oxygen atoms in total. The summed E-state index contributed by atoms with van der Waals surface area (Å²) in [6.45, 7) is 0.000571. The molecule has 0 aliphatic carbocycles. The van der Waals surface area contributed by atoms with Crippen LogP contribution in [0.4, 0.5) is 0 Å². The molecule has 0 aliphatic heterocycles. The summed E-state index contributed by atoms with van der Waals surface area (Å²) in [6, 6.07) is 13.5. The fraction of sp³-hybridized carbons (Fsp3) is 0.176. The van der Waals surface area contributed by atoms with Gasteiger partial charge in [0.05, 0.1) is 20.8 Å². The van der Waals surface area contributed by atoms with Crippen molar-refractivity contribution >= 4 is 12.2 Å². The number of aliphatic hydroxyl groups is 1. The van der Waals surface area contributed by atoms with E-state index in [0.29, 0.717) is 0 Å². The molecule has 0 aliphatic rings. The van der Waals surface area contributed by atoms with Gasteiger partial charge in [0, 0.05) is 0 Å². The van der Waals surface area contributed by atoms with Crippen molar-refractivity contribution in [2.24, 2.45) is 0 Å². The van der Waals surface area contributed by atoms with E-state index in [1.54, 1.807) is 14.2 Å². The monoisotopic (exact) mass is 270 g/mol. The third-order valence-corrected chi connectivity index (χ3v) is 2.99. The Morgan fingerprint density at radius 3 is 2.10 bits per heavy atom. The molecule has 3 heteroatoms. The summed E-state index contributed by atoms with van der Waals surface area (Å²) in [5.74, 6) is 1.58. The molecule has 0 atom stereocenters. The maximum absolute atomic E-state index is 9.23. The van der Waals surface area contributed by atoms with Crippen molar-refractivity contribution in [2.75, 3.05) is 14.2 Å². The average Bonchev–Trinajstić information content (AvgIpc) is 2.53. The highest BCUT2D eigenvalue weighted by Crippen LogP contribution is 2.20. The van der Waals surface area contributed by atoms with Crippen LogP contribution in [0.1, 0.15) is 16.7 Å². The molecule has 20 heavy (non-hydrogen) atoms. The van der Waals surface area contributed by atoms with Gasteiger partial charge in [-0.15, -0.1) is 0 Å². The van der Waals surface area contributed by atoms with Crippen LogP contribution < -0.4 is 9.47 Å². The first-order valence-corrected chi connectivity index (χ1v) is 6.36. The zero-order valence-electron chi connectivity index (χ0n) is 11.7. The van der Waals surface area contributed by atoms with E-state index in [0.717, 1.165) is 28.2 Å². The molecule has 0 spiro atoms. The Hall–Kier alpha value is -2.26. The van der Waals surface area contributed by atoms with Crippen molar-refractivity contribution in [1.29, 1.82) is 0 Å². The van der Waals surface area contributed by atoms with Gasteiger partial charge in [-0.25, -0.2) is 0 Å². The van der Waals surface area contributed by atoms with E-state index in [1.165, 1.54) is 0 Å². The zero-order valence-corrected chi connectivity index (χ0v) is 11.7. The molecule has 2 aromatic rings. The number of hydrogen-bond acceptors (Lipinski definition) is 3. The highest BCUT2D eigenvalue weighted by molar-refractivity contribution is 5.70. The molecule has 0 unspecified atom stereocenters. The molecule has 0 amide bonds. The van der Waals surface area contributed by atoms with Crippen molar-refractivity contribution in [2.45, 2.75) is 6.61 Å². The minimum atomic E-state index is 0.000571. The smallest absolute Gasteiger partial charge is 0.119 e. The summed E-state index contributed by atoms with van der Waals surface area (Å²) in [5.41, 5.74) is 2.90. The number of aliphatic hydroxyl groups excluding tert-OH is 1. The quantitative estimate of drug-likeness (QED) is 0.847. The van der Waals surface area contributed by atoms with Crippen LogP contribution in [-0.4, -0.2) is 19.3 Å². The van der Waals surface area contributed by atoms with Gasteiger partial charge in [-0.3, -0.25) is 0 Å². The van der Waals surface area contributed by atoms with Crippen molar-refractivity contribution in [1.82, 2.24) is 0 Å². The van der Waals surface area contributed by atoms with Crippen LogP contribution >= 0.6 is 0 Å². The Morgan fingerprint density at radius 2 is 1.50 bits per heavy atom. The van der Waals surface area contributed by atoms with Crippen molar-refractivity contribution in [3.8, 4) is 11.5 Å². The van der Waals surface area contributed by atoms with Crippen molar-refractivity contribution in [3.05, 3.63) is 59.2 Å². The normalized spacial score (nSPS) is 10.8. The lowest BCUT2D eigenvalue weighted by molar-refractivity contribution is 0.281. The maximum atomic E-state index is 9.23. The molecule has 2 rings (SSSR count). The number of hydrogen-bond donors (Lipinski definition) is 1. The van der Waals surface area contributed by atoms with Gasteiger partial charge in [-0.1, -0.05) is 24.3 Å². The van der Waals surface area contributed by atoms with Gasteiger partial charge in [0.2, 0.25) is 0 Å². The lowest BCUT2D eigenvalue weighted by Crippen LogP contribution is -1.89. The van der Waals surface area contributed by atoms with E-state index in [9.17, 15) is 5.11 Å². The van der Waals surface area contributed by atoms with E-state index < -0.39 is 0 Å². The summed E-state index contributed by atoms with van der Waals surface area (Å²) in [5, 5.41) is 9.23. The molecule has 0 aromatic heterocycles. The number of benzene rings is 2. The second-order valence-corrected chi connectivity index (χ2v) is 4.38. The van der Waals surface area contributed by atoms with Crippen LogP contribution in [0, 0.1) is 0 Å². The van der Waals surface area contributed by atoms with Gasteiger partial charge in [0.1, 0.15) is 11.5 Å². The first-order chi connectivity index (χ1) is 9.75. The van der Waals surface area contributed by atoms with E-state index in [4.69, 9.17) is 9.47 Å². The Bertz CT molecular complexity index is 563. The predicted octanol–water partition coefficient (Wildman–Crippen LogP) is 3.37. The van der Waals surface area contributed by atoms with Gasteiger partial charge in [-0.2, -0.15) is 0 Å². The number of ether oxygens (including phenoxy) is 2. The summed E-state index contributed by atoms with van der Waals surface area (Å²) in [6.07, 6.45) is 4.00. The SMILES string of the molecule is COc1ccc(/C=C/c2cc(CO)cc(OC)c2)cc1. The van der Waals surface area contributed by atoms with Gasteiger partial charge in [-0.05, 0) is 47.0 Å². The predicted molar refractivity (Wildman–Crippen MR) is 80.8 cm³/mol. The molecule has 2 aromatic carbocycles. The first kappa shape index (κ1) is 14.2. The van der Waals surface area contributed by atoms with Crippen LogP contribution in [-0.2, 0) is 6.61 Å². The summed E-state index contributed by atoms with van der Waals surface area (Å²) in [7, 11) is 3.27. The zero-order chi connectivity index (χ0) is 14.4. The van der Waals surface area contributed by atoms with Crippen LogP contribution in [0.25, 0.3) is 12.2 Å². The molecule has 0 saturated carbocycles. The maximum Gasteiger partial charge on any atom is 0.119 e. The Morgan fingerprint density at radius 1 is 0.850 bits per heavy atom. The second-order valence-electron chi connectivity index (χ2n) is 4.38. The summed E-state index contributed by atoms with van der Waals surface area (Å²) < 4.78 is 10.3. The van der Waals surface area contributed by atoms with Crippen LogP contribution in [0.15, 0.2) is 42.5 Å². The highest BCUT2D eigenvalue weighted by Gasteiger charge is 1.98. The molecule has 0 bridgehead atoms. The van der Waals surface area contributed by atoms with Crippen LogP contribution in [0.5, 0.6) is 11.5 Å². The molecule has 0 heterocycles. The molecular weight excluding hydrogens is 252 g/mol. The Labute approximate surface area is 119 Å². The van der Waals surface area contributed by atoms with Gasteiger partial charge in [0.25, 0.3) is 0 Å². The van der Waals surface area contributed by atoms with E-state index in [1.807, 2.05) is 54.6 Å². The Kier molecular flexibility index (Phi) is 4.80. The fourth-order valence-electron chi connectivity index (χ4n) is 1.90. The minimum absolute atomic E-state index is 0.000571. The fourth-order valence-corrected chi connectivity index (χ4v) is 1.90. The minimum Gasteiger partial charge on any atom is -0.497 e. The van der Waals surface area contributed by atoms with Crippen LogP contribution in [0.2, 0.25) is 0 Å². The first-order valence-electron chi connectivity index (χ1n) is 6.36. The van der Waals surface area contributed by atoms with Crippen LogP contribution in [0.3, 0.4) is 0 Å². The molecule has 1 N–H and O–H groups in total. The molecule has 104 valence electrons. The largest absolute Gasteiger partial charge is 0.497 e. The van der Waals surface area contributed by atoms with E-state index in [-0.39, 0.29) is 6.61 Å². The van der Waals surface area contributed by atoms with Crippen molar-refractivity contribution in [3.63, 3.8) is 0 Å². The molecule has 0 fully saturated rings. The lowest BCUT2D eigenvalue weighted by Gasteiger charge is -2.05. The lowest BCUT2D eigenvalue weighted by atomic mass is 10.1. The van der Waals surface area contributed by atoms with Crippen molar-refractivity contribution < 1.29 is 14.6 Å². The summed E-state index contributed by atoms with van der Waals surface area (Å²) in [4.78, 5) is 0. The van der Waals surface area contributed by atoms with E-state index in [2.05, 4.69) is 0 Å². The molecular formula is C17H18O3. The molecule has 0 saturated heterocycles. The van der Waals surface area contributed by atoms with Gasteiger partial charge >= 0.3 is 0 Å². The third-order valence-electron chi connectivity index (χ3n) is 2.99. The number of rotatable bonds is 5. The van der Waals surface area contributed by atoms with Gasteiger partial charge < -0.3 is 14.6 Å². The van der Waals surface area contributed by atoms with E-state index >= 15 is 0 Å². The van der Waals surface area contributed by atoms with Gasteiger partial charge in [0.15, 0.2) is 0 Å². The standard InChI is InChI=1S/C17H18O3/c1-19-16-7-5-13(6-8-16)3-4-14-9-15(12-18)11-17(10-14)20-2/h3-11,18H,12H2,1-2H3/b4-3+. The average molecular weight is 270 g/mol. The Balaban J connectivity index is 2.21. The molecule has 0 radical (unpaired) electrons. The summed E-state index contributed by atoms with van der Waals surface area (Å²) >= 11 is 0. The number of methoxy groups -OCH3 is 2. The highest BCUT2D eigenvalue weighted by atomic mass is 16.5.